The first-order chi connectivity index (χ1) is 7.75. The van der Waals surface area contributed by atoms with Gasteiger partial charge in [-0.3, -0.25) is 0 Å². The molecule has 1 aromatic rings. The van der Waals surface area contributed by atoms with E-state index in [1.807, 2.05) is 5.92 Å². The maximum atomic E-state index is 12.5. The molecule has 1 N–H and O–H groups in total. The molecule has 0 radical (unpaired) electrons. The van der Waals surface area contributed by atoms with Gasteiger partial charge < -0.3 is 5.11 Å². The van der Waals surface area contributed by atoms with E-state index in [2.05, 4.69) is 0 Å². The van der Waals surface area contributed by atoms with Crippen LogP contribution in [0.1, 0.15) is 5.56 Å². The third kappa shape index (κ3) is 3.17. The average molecular weight is 250 g/mol. The van der Waals surface area contributed by atoms with E-state index in [9.17, 15) is 22.0 Å². The first-order valence-corrected chi connectivity index (χ1v) is 4.44. The van der Waals surface area contributed by atoms with E-state index in [-0.39, 0.29) is 5.56 Å². The molecule has 0 spiro atoms. The molecule has 0 aliphatic carbocycles. The average Bonchev–Trinajstić information content (AvgIpc) is 2.25. The van der Waals surface area contributed by atoms with E-state index in [4.69, 9.17) is 5.11 Å². The zero-order valence-corrected chi connectivity index (χ0v) is 8.30. The fraction of sp³-hybridized carbons (Fsp3) is 0.273. The third-order valence-electron chi connectivity index (χ3n) is 1.85. The Hall–Kier alpha value is -1.61. The highest BCUT2D eigenvalue weighted by molar-refractivity contribution is 5.35. The molecule has 1 rings (SSSR count). The smallest absolute Gasteiger partial charge is 0.374 e. The lowest BCUT2D eigenvalue weighted by atomic mass is 10.1. The molecule has 0 aliphatic heterocycles. The van der Waals surface area contributed by atoms with Crippen LogP contribution in [0.4, 0.5) is 22.0 Å². The first-order valence-electron chi connectivity index (χ1n) is 4.44. The minimum atomic E-state index is -5.82. The minimum absolute atomic E-state index is 0.240. The Balaban J connectivity index is 2.87. The molecule has 0 unspecified atom stereocenters. The van der Waals surface area contributed by atoms with Gasteiger partial charge in [-0.25, -0.2) is 0 Å². The van der Waals surface area contributed by atoms with Crippen LogP contribution >= 0.6 is 0 Å². The lowest BCUT2D eigenvalue weighted by Gasteiger charge is -2.21. The molecule has 1 aromatic carbocycles. The predicted octanol–water partition coefficient (Wildman–Crippen LogP) is 2.60. The summed E-state index contributed by atoms with van der Waals surface area (Å²) in [6.07, 6.45) is -8.90. The van der Waals surface area contributed by atoms with Crippen molar-refractivity contribution >= 4 is 0 Å². The molecule has 1 atom stereocenters. The van der Waals surface area contributed by atoms with Gasteiger partial charge in [0.25, 0.3) is 0 Å². The molecule has 1 nitrogen and oxygen atoms in total. The SMILES string of the molecule is O[C@@H](C#Cc1ccccc1)C(F)(F)C(F)(F)F. The van der Waals surface area contributed by atoms with E-state index in [0.29, 0.717) is 0 Å². The van der Waals surface area contributed by atoms with Crippen LogP contribution in [0.5, 0.6) is 0 Å². The number of rotatable bonds is 1. The monoisotopic (exact) mass is 250 g/mol. The summed E-state index contributed by atoms with van der Waals surface area (Å²) in [4.78, 5) is 0. The highest BCUT2D eigenvalue weighted by Crippen LogP contribution is 2.37. The van der Waals surface area contributed by atoms with Crippen LogP contribution in [0.2, 0.25) is 0 Å². The molecule has 0 saturated heterocycles. The molecular formula is C11H7F5O. The number of alkyl halides is 5. The number of aliphatic hydroxyl groups excluding tert-OH is 1. The highest BCUT2D eigenvalue weighted by Gasteiger charge is 2.62. The highest BCUT2D eigenvalue weighted by atomic mass is 19.4. The van der Waals surface area contributed by atoms with Gasteiger partial charge in [-0.05, 0) is 12.1 Å². The Morgan fingerprint density at radius 3 is 2.00 bits per heavy atom. The van der Waals surface area contributed by atoms with Crippen molar-refractivity contribution in [3.63, 3.8) is 0 Å². The van der Waals surface area contributed by atoms with Gasteiger partial charge in [-0.2, -0.15) is 22.0 Å². The van der Waals surface area contributed by atoms with Crippen LogP contribution in [-0.2, 0) is 0 Å². The normalized spacial score (nSPS) is 13.8. The summed E-state index contributed by atoms with van der Waals surface area (Å²) in [5.41, 5.74) is 0.240. The molecule has 0 aliphatic rings. The lowest BCUT2D eigenvalue weighted by molar-refractivity contribution is -0.304. The molecular weight excluding hydrogens is 243 g/mol. The molecule has 0 amide bonds. The number of hydrogen-bond acceptors (Lipinski definition) is 1. The molecule has 92 valence electrons. The van der Waals surface area contributed by atoms with Crippen molar-refractivity contribution < 1.29 is 27.1 Å². The topological polar surface area (TPSA) is 20.2 Å². The van der Waals surface area contributed by atoms with Crippen LogP contribution in [0.3, 0.4) is 0 Å². The molecule has 6 heteroatoms. The van der Waals surface area contributed by atoms with Gasteiger partial charge in [-0.15, -0.1) is 0 Å². The second-order valence-corrected chi connectivity index (χ2v) is 3.16. The zero-order chi connectivity index (χ0) is 13.1. The van der Waals surface area contributed by atoms with Crippen LogP contribution in [-0.4, -0.2) is 23.3 Å². The Bertz CT molecular complexity index is 427. The standard InChI is InChI=1S/C11H7F5O/c12-10(13,11(14,15)16)9(17)7-6-8-4-2-1-3-5-8/h1-5,9,17H/t9-/m0/s1. The van der Waals surface area contributed by atoms with Crippen molar-refractivity contribution in [3.05, 3.63) is 35.9 Å². The van der Waals surface area contributed by atoms with Crippen molar-refractivity contribution in [3.8, 4) is 11.8 Å². The van der Waals surface area contributed by atoms with E-state index < -0.39 is 18.2 Å². The summed E-state index contributed by atoms with van der Waals surface area (Å²) in [7, 11) is 0. The maximum Gasteiger partial charge on any atom is 0.457 e. The van der Waals surface area contributed by atoms with Crippen molar-refractivity contribution in [1.82, 2.24) is 0 Å². The largest absolute Gasteiger partial charge is 0.457 e. The van der Waals surface area contributed by atoms with E-state index in [0.717, 1.165) is 0 Å². The van der Waals surface area contributed by atoms with Crippen LogP contribution in [0, 0.1) is 11.8 Å². The number of halogens is 5. The Morgan fingerprint density at radius 1 is 1.00 bits per heavy atom. The Labute approximate surface area is 93.9 Å². The van der Waals surface area contributed by atoms with Gasteiger partial charge in [-0.1, -0.05) is 30.0 Å². The van der Waals surface area contributed by atoms with E-state index >= 15 is 0 Å². The number of hydrogen-bond donors (Lipinski definition) is 1. The summed E-state index contributed by atoms with van der Waals surface area (Å²) in [5, 5.41) is 8.73. The van der Waals surface area contributed by atoms with Crippen molar-refractivity contribution in [2.75, 3.05) is 0 Å². The minimum Gasteiger partial charge on any atom is -0.374 e. The van der Waals surface area contributed by atoms with Crippen LogP contribution in [0.15, 0.2) is 30.3 Å². The fourth-order valence-corrected chi connectivity index (χ4v) is 0.919. The molecule has 0 heterocycles. The van der Waals surface area contributed by atoms with Gasteiger partial charge >= 0.3 is 12.1 Å². The summed E-state index contributed by atoms with van der Waals surface area (Å²) < 4.78 is 60.6. The summed E-state index contributed by atoms with van der Waals surface area (Å²) in [6.45, 7) is 0. The van der Waals surface area contributed by atoms with Gasteiger partial charge in [0.1, 0.15) is 0 Å². The third-order valence-corrected chi connectivity index (χ3v) is 1.85. The Kier molecular flexibility index (Phi) is 3.73. The lowest BCUT2D eigenvalue weighted by Crippen LogP contribution is -2.46. The summed E-state index contributed by atoms with van der Waals surface area (Å²) >= 11 is 0. The number of benzene rings is 1. The molecule has 0 fully saturated rings. The van der Waals surface area contributed by atoms with Gasteiger partial charge in [0.05, 0.1) is 0 Å². The van der Waals surface area contributed by atoms with Crippen molar-refractivity contribution in [2.45, 2.75) is 18.2 Å². The molecule has 0 aromatic heterocycles. The van der Waals surface area contributed by atoms with Gasteiger partial charge in [0, 0.05) is 5.56 Å². The zero-order valence-electron chi connectivity index (χ0n) is 8.30. The molecule has 0 saturated carbocycles. The fourth-order valence-electron chi connectivity index (χ4n) is 0.919. The van der Waals surface area contributed by atoms with Gasteiger partial charge in [0.15, 0.2) is 6.10 Å². The van der Waals surface area contributed by atoms with E-state index in [1.165, 1.54) is 30.2 Å². The molecule has 0 bridgehead atoms. The van der Waals surface area contributed by atoms with Crippen LogP contribution < -0.4 is 0 Å². The van der Waals surface area contributed by atoms with Crippen molar-refractivity contribution in [1.29, 1.82) is 0 Å². The second-order valence-electron chi connectivity index (χ2n) is 3.16. The molecule has 17 heavy (non-hydrogen) atoms. The first kappa shape index (κ1) is 13.5. The maximum absolute atomic E-state index is 12.5. The van der Waals surface area contributed by atoms with Gasteiger partial charge in [0.2, 0.25) is 0 Å². The quantitative estimate of drug-likeness (QED) is 0.600. The summed E-state index contributed by atoms with van der Waals surface area (Å²) in [6, 6.07) is 7.55. The number of aliphatic hydroxyl groups is 1. The predicted molar refractivity (Wildman–Crippen MR) is 50.3 cm³/mol. The van der Waals surface area contributed by atoms with Crippen molar-refractivity contribution in [2.24, 2.45) is 0 Å². The van der Waals surface area contributed by atoms with E-state index in [1.54, 1.807) is 6.07 Å². The summed E-state index contributed by atoms with van der Waals surface area (Å²) in [5.74, 6) is -1.72. The Morgan fingerprint density at radius 2 is 1.53 bits per heavy atom. The van der Waals surface area contributed by atoms with Crippen LogP contribution in [0.25, 0.3) is 0 Å². The second kappa shape index (κ2) is 4.72.